The fourth-order valence-electron chi connectivity index (χ4n) is 2.73. The molecule has 3 aromatic rings. The molecule has 0 saturated heterocycles. The van der Waals surface area contributed by atoms with Gasteiger partial charge in [0.1, 0.15) is 0 Å². The minimum Gasteiger partial charge on any atom is -0.357 e. The minimum absolute atomic E-state index is 0.606. The van der Waals surface area contributed by atoms with Crippen molar-refractivity contribution in [2.24, 2.45) is 0 Å². The molecule has 0 fully saturated rings. The van der Waals surface area contributed by atoms with Crippen molar-refractivity contribution >= 4 is 16.9 Å². The Morgan fingerprint density at radius 3 is 2.57 bits per heavy atom. The van der Waals surface area contributed by atoms with E-state index in [9.17, 15) is 0 Å². The molecule has 0 unspecified atom stereocenters. The first kappa shape index (κ1) is 13.5. The molecule has 0 aliphatic heterocycles. The normalized spacial score (nSPS) is 11.0. The molecule has 0 spiro atoms. The Bertz CT molecular complexity index is 804. The number of hydrogen-bond donors (Lipinski definition) is 1. The first-order chi connectivity index (χ1) is 10.2. The van der Waals surface area contributed by atoms with Gasteiger partial charge in [-0.25, -0.2) is 9.67 Å². The second-order valence-electron chi connectivity index (χ2n) is 5.05. The molecule has 1 N–H and O–H groups in total. The Morgan fingerprint density at radius 1 is 1.14 bits per heavy atom. The summed E-state index contributed by atoms with van der Waals surface area (Å²) in [4.78, 5) is 9.11. The van der Waals surface area contributed by atoms with Crippen molar-refractivity contribution in [1.29, 1.82) is 0 Å². The number of benzene rings is 1. The number of fused-ring (bicyclic) bond motifs is 1. The second kappa shape index (κ2) is 5.16. The Morgan fingerprint density at radius 2 is 1.90 bits per heavy atom. The quantitative estimate of drug-likeness (QED) is 0.801. The van der Waals surface area contributed by atoms with E-state index < -0.39 is 0 Å². The van der Waals surface area contributed by atoms with Crippen LogP contribution in [0.4, 0.5) is 5.95 Å². The lowest BCUT2D eigenvalue weighted by atomic mass is 10.1. The third-order valence-electron chi connectivity index (χ3n) is 3.80. The van der Waals surface area contributed by atoms with Crippen LogP contribution in [0.1, 0.15) is 23.9 Å². The maximum Gasteiger partial charge on any atom is 0.225 e. The molecule has 0 aliphatic rings. The average molecular weight is 281 g/mol. The highest BCUT2D eigenvalue weighted by atomic mass is 15.3. The standard InChI is InChI=1S/C16H19N5/c1-5-12-10(2)20-21(11(12)3)15-13-8-6-7-9-14(13)18-16(17-4)19-15/h6-9H,5H2,1-4H3,(H,17,18,19). The summed E-state index contributed by atoms with van der Waals surface area (Å²) in [7, 11) is 1.83. The highest BCUT2D eigenvalue weighted by Crippen LogP contribution is 2.24. The molecule has 0 aliphatic carbocycles. The van der Waals surface area contributed by atoms with Crippen molar-refractivity contribution in [3.63, 3.8) is 0 Å². The van der Waals surface area contributed by atoms with E-state index in [1.807, 2.05) is 42.9 Å². The monoisotopic (exact) mass is 281 g/mol. The van der Waals surface area contributed by atoms with Crippen molar-refractivity contribution < 1.29 is 0 Å². The van der Waals surface area contributed by atoms with E-state index in [4.69, 9.17) is 0 Å². The Labute approximate surface area is 124 Å². The zero-order valence-corrected chi connectivity index (χ0v) is 12.8. The van der Waals surface area contributed by atoms with Crippen molar-refractivity contribution in [1.82, 2.24) is 19.7 Å². The van der Waals surface area contributed by atoms with Gasteiger partial charge in [0, 0.05) is 18.1 Å². The van der Waals surface area contributed by atoms with Crippen molar-refractivity contribution in [2.75, 3.05) is 12.4 Å². The highest BCUT2D eigenvalue weighted by molar-refractivity contribution is 5.86. The number of anilines is 1. The van der Waals surface area contributed by atoms with Crippen LogP contribution >= 0.6 is 0 Å². The molecule has 108 valence electrons. The topological polar surface area (TPSA) is 55.6 Å². The van der Waals surface area contributed by atoms with E-state index >= 15 is 0 Å². The van der Waals surface area contributed by atoms with E-state index in [1.165, 1.54) is 5.56 Å². The summed E-state index contributed by atoms with van der Waals surface area (Å²) in [6.07, 6.45) is 0.972. The summed E-state index contributed by atoms with van der Waals surface area (Å²) >= 11 is 0. The molecule has 21 heavy (non-hydrogen) atoms. The predicted molar refractivity (Wildman–Crippen MR) is 85.1 cm³/mol. The first-order valence-electron chi connectivity index (χ1n) is 7.15. The molecule has 0 bridgehead atoms. The van der Waals surface area contributed by atoms with Crippen LogP contribution in [0.15, 0.2) is 24.3 Å². The molecule has 5 heteroatoms. The van der Waals surface area contributed by atoms with Gasteiger partial charge in [0.2, 0.25) is 5.95 Å². The molecule has 2 heterocycles. The van der Waals surface area contributed by atoms with Crippen LogP contribution in [0.25, 0.3) is 16.7 Å². The van der Waals surface area contributed by atoms with E-state index in [0.29, 0.717) is 5.95 Å². The molecule has 1 aromatic carbocycles. The number of nitrogens with one attached hydrogen (secondary N) is 1. The molecule has 5 nitrogen and oxygen atoms in total. The van der Waals surface area contributed by atoms with Crippen LogP contribution < -0.4 is 5.32 Å². The summed E-state index contributed by atoms with van der Waals surface area (Å²) in [5.41, 5.74) is 4.39. The number of rotatable bonds is 3. The lowest BCUT2D eigenvalue weighted by Crippen LogP contribution is -2.07. The number of aromatic nitrogens is 4. The van der Waals surface area contributed by atoms with Gasteiger partial charge in [0.25, 0.3) is 0 Å². The maximum atomic E-state index is 4.68. The van der Waals surface area contributed by atoms with Crippen LogP contribution in [0.5, 0.6) is 0 Å². The minimum atomic E-state index is 0.606. The predicted octanol–water partition coefficient (Wildman–Crippen LogP) is 3.04. The zero-order valence-electron chi connectivity index (χ0n) is 12.8. The van der Waals surface area contributed by atoms with Gasteiger partial charge in [-0.1, -0.05) is 19.1 Å². The maximum absolute atomic E-state index is 4.68. The van der Waals surface area contributed by atoms with Gasteiger partial charge >= 0.3 is 0 Å². The summed E-state index contributed by atoms with van der Waals surface area (Å²) in [6, 6.07) is 8.01. The van der Waals surface area contributed by atoms with Gasteiger partial charge in [-0.15, -0.1) is 0 Å². The Kier molecular flexibility index (Phi) is 3.33. The fraction of sp³-hybridized carbons (Fsp3) is 0.312. The lowest BCUT2D eigenvalue weighted by molar-refractivity contribution is 0.810. The smallest absolute Gasteiger partial charge is 0.225 e. The number of hydrogen-bond acceptors (Lipinski definition) is 4. The van der Waals surface area contributed by atoms with Gasteiger partial charge in [0.05, 0.1) is 11.2 Å². The molecule has 0 radical (unpaired) electrons. The van der Waals surface area contributed by atoms with Gasteiger partial charge < -0.3 is 5.32 Å². The van der Waals surface area contributed by atoms with Crippen LogP contribution in [0.3, 0.4) is 0 Å². The van der Waals surface area contributed by atoms with Crippen LogP contribution in [0, 0.1) is 13.8 Å². The van der Waals surface area contributed by atoms with E-state index in [0.717, 1.165) is 34.5 Å². The number of para-hydroxylation sites is 1. The third-order valence-corrected chi connectivity index (χ3v) is 3.80. The van der Waals surface area contributed by atoms with E-state index in [1.54, 1.807) is 0 Å². The summed E-state index contributed by atoms with van der Waals surface area (Å²) in [5.74, 6) is 1.43. The highest BCUT2D eigenvalue weighted by Gasteiger charge is 2.15. The molecular weight excluding hydrogens is 262 g/mol. The van der Waals surface area contributed by atoms with Crippen molar-refractivity contribution in [3.05, 3.63) is 41.2 Å². The fourth-order valence-corrected chi connectivity index (χ4v) is 2.73. The molecule has 0 amide bonds. The average Bonchev–Trinajstić information content (AvgIpc) is 2.80. The summed E-state index contributed by atoms with van der Waals surface area (Å²) < 4.78 is 1.93. The van der Waals surface area contributed by atoms with Crippen LogP contribution in [-0.2, 0) is 6.42 Å². The van der Waals surface area contributed by atoms with Gasteiger partial charge in [-0.2, -0.15) is 10.1 Å². The zero-order chi connectivity index (χ0) is 15.0. The molecule has 0 saturated carbocycles. The van der Waals surface area contributed by atoms with E-state index in [-0.39, 0.29) is 0 Å². The van der Waals surface area contributed by atoms with Crippen molar-refractivity contribution in [2.45, 2.75) is 27.2 Å². The third kappa shape index (κ3) is 2.14. The van der Waals surface area contributed by atoms with Crippen molar-refractivity contribution in [3.8, 4) is 5.82 Å². The molecule has 3 rings (SSSR count). The second-order valence-corrected chi connectivity index (χ2v) is 5.05. The number of aryl methyl sites for hydroxylation is 1. The van der Waals surface area contributed by atoms with Gasteiger partial charge in [-0.05, 0) is 38.0 Å². The SMILES string of the molecule is CCc1c(C)nn(-c2nc(NC)nc3ccccc23)c1C. The van der Waals surface area contributed by atoms with Gasteiger partial charge in [-0.3, -0.25) is 0 Å². The molecular formula is C16H19N5. The largest absolute Gasteiger partial charge is 0.357 e. The first-order valence-corrected chi connectivity index (χ1v) is 7.15. The Balaban J connectivity index is 2.34. The molecule has 2 aromatic heterocycles. The van der Waals surface area contributed by atoms with Crippen LogP contribution in [-0.4, -0.2) is 26.8 Å². The Hall–Kier alpha value is -2.43. The van der Waals surface area contributed by atoms with Gasteiger partial charge in [0.15, 0.2) is 5.82 Å². The summed E-state index contributed by atoms with van der Waals surface area (Å²) in [5, 5.41) is 8.70. The lowest BCUT2D eigenvalue weighted by Gasteiger charge is -2.10. The summed E-state index contributed by atoms with van der Waals surface area (Å²) in [6.45, 7) is 6.29. The van der Waals surface area contributed by atoms with E-state index in [2.05, 4.69) is 34.2 Å². The number of nitrogens with zero attached hydrogens (tertiary/aromatic N) is 4. The van der Waals surface area contributed by atoms with Crippen LogP contribution in [0.2, 0.25) is 0 Å². The molecule has 0 atom stereocenters.